The van der Waals surface area contributed by atoms with Crippen molar-refractivity contribution < 1.29 is 18.0 Å². The lowest BCUT2D eigenvalue weighted by atomic mass is 9.99. The van der Waals surface area contributed by atoms with Crippen molar-refractivity contribution in [2.24, 2.45) is 5.92 Å². The minimum Gasteiger partial charge on any atom is -0.345 e. The third-order valence-electron chi connectivity index (χ3n) is 5.79. The number of alkyl halides is 1. The molecule has 3 aromatic rings. The molecule has 1 amide bonds. The summed E-state index contributed by atoms with van der Waals surface area (Å²) in [5, 5.41) is 2.95. The Bertz CT molecular complexity index is 1220. The standard InChI is InChI=1S/C24H24F3N3O2/c1-14-20(23(31)29-22(15-9-10-15)16-5-2-6-17(26)13-16)18-7-3-8-19(27)21(18)24(32)30(14)28-12-4-11-25/h2-3,5-8,13,15,22,28H,4,9-12H2,1H3,(H,29,31). The quantitative estimate of drug-likeness (QED) is 0.508. The number of carbonyl (C=O) groups is 1. The number of nitrogens with one attached hydrogen (secondary N) is 2. The number of pyridine rings is 1. The molecule has 1 aliphatic carbocycles. The monoisotopic (exact) mass is 443 g/mol. The van der Waals surface area contributed by atoms with E-state index in [1.54, 1.807) is 19.1 Å². The molecule has 0 spiro atoms. The van der Waals surface area contributed by atoms with Gasteiger partial charge in [-0.3, -0.25) is 14.0 Å². The number of nitrogens with zero attached hydrogens (tertiary/aromatic N) is 1. The number of aromatic nitrogens is 1. The molecule has 2 N–H and O–H groups in total. The van der Waals surface area contributed by atoms with Crippen LogP contribution in [-0.4, -0.2) is 23.8 Å². The predicted molar refractivity (Wildman–Crippen MR) is 117 cm³/mol. The van der Waals surface area contributed by atoms with Crippen LogP contribution in [0.1, 0.15) is 46.9 Å². The first-order chi connectivity index (χ1) is 15.4. The number of benzene rings is 2. The summed E-state index contributed by atoms with van der Waals surface area (Å²) in [6.07, 6.45) is 1.96. The van der Waals surface area contributed by atoms with Crippen LogP contribution in [0.5, 0.6) is 0 Å². The Labute approximate surface area is 183 Å². The van der Waals surface area contributed by atoms with E-state index in [9.17, 15) is 22.8 Å². The Morgan fingerprint density at radius 3 is 2.62 bits per heavy atom. The second-order valence-corrected chi connectivity index (χ2v) is 8.06. The van der Waals surface area contributed by atoms with Gasteiger partial charge in [-0.25, -0.2) is 13.5 Å². The van der Waals surface area contributed by atoms with Crippen molar-refractivity contribution in [1.29, 1.82) is 0 Å². The van der Waals surface area contributed by atoms with E-state index >= 15 is 0 Å². The Kier molecular flexibility index (Phi) is 6.21. The Balaban J connectivity index is 1.79. The first kappa shape index (κ1) is 21.9. The van der Waals surface area contributed by atoms with Crippen LogP contribution < -0.4 is 16.3 Å². The van der Waals surface area contributed by atoms with Crippen molar-refractivity contribution >= 4 is 16.7 Å². The minimum absolute atomic E-state index is 0.145. The molecule has 5 nitrogen and oxygen atoms in total. The second kappa shape index (κ2) is 9.06. The SMILES string of the molecule is Cc1c(C(=O)NC(c2cccc(F)c2)C2CC2)c2cccc(F)c2c(=O)n1NCCCF. The molecule has 1 aliphatic rings. The fourth-order valence-electron chi connectivity index (χ4n) is 4.07. The van der Waals surface area contributed by atoms with Crippen molar-refractivity contribution in [2.75, 3.05) is 18.6 Å². The summed E-state index contributed by atoms with van der Waals surface area (Å²) in [4.78, 5) is 26.4. The van der Waals surface area contributed by atoms with E-state index in [1.165, 1.54) is 24.3 Å². The van der Waals surface area contributed by atoms with Crippen LogP contribution in [0.2, 0.25) is 0 Å². The molecular weight excluding hydrogens is 419 g/mol. The van der Waals surface area contributed by atoms with Crippen LogP contribution in [0.3, 0.4) is 0 Å². The van der Waals surface area contributed by atoms with Gasteiger partial charge < -0.3 is 10.7 Å². The van der Waals surface area contributed by atoms with Gasteiger partial charge in [-0.15, -0.1) is 0 Å². The summed E-state index contributed by atoms with van der Waals surface area (Å²) < 4.78 is 42.1. The van der Waals surface area contributed by atoms with Gasteiger partial charge in [0.05, 0.1) is 29.4 Å². The minimum atomic E-state index is -0.744. The van der Waals surface area contributed by atoms with E-state index in [0.29, 0.717) is 11.3 Å². The van der Waals surface area contributed by atoms with Gasteiger partial charge in [-0.1, -0.05) is 24.3 Å². The maximum atomic E-state index is 14.6. The molecule has 0 bridgehead atoms. The van der Waals surface area contributed by atoms with Gasteiger partial charge >= 0.3 is 0 Å². The molecular formula is C24H24F3N3O2. The second-order valence-electron chi connectivity index (χ2n) is 8.06. The fourth-order valence-corrected chi connectivity index (χ4v) is 4.07. The number of carbonyl (C=O) groups excluding carboxylic acids is 1. The topological polar surface area (TPSA) is 63.1 Å². The van der Waals surface area contributed by atoms with Gasteiger partial charge in [0.2, 0.25) is 0 Å². The van der Waals surface area contributed by atoms with Gasteiger partial charge in [0, 0.05) is 11.9 Å². The van der Waals surface area contributed by atoms with E-state index in [1.807, 2.05) is 0 Å². The molecule has 0 radical (unpaired) electrons. The summed E-state index contributed by atoms with van der Waals surface area (Å²) in [5.74, 6) is -1.44. The van der Waals surface area contributed by atoms with E-state index in [0.717, 1.165) is 23.6 Å². The third kappa shape index (κ3) is 4.22. The predicted octanol–water partition coefficient (Wildman–Crippen LogP) is 4.37. The van der Waals surface area contributed by atoms with Gasteiger partial charge in [-0.2, -0.15) is 0 Å². The fraction of sp³-hybridized carbons (Fsp3) is 0.333. The highest BCUT2D eigenvalue weighted by atomic mass is 19.1. The lowest BCUT2D eigenvalue weighted by Gasteiger charge is -2.22. The highest BCUT2D eigenvalue weighted by Gasteiger charge is 2.34. The van der Waals surface area contributed by atoms with Crippen LogP contribution in [-0.2, 0) is 0 Å². The van der Waals surface area contributed by atoms with Crippen molar-refractivity contribution in [3.63, 3.8) is 0 Å². The zero-order valence-corrected chi connectivity index (χ0v) is 17.6. The highest BCUT2D eigenvalue weighted by molar-refractivity contribution is 6.08. The maximum absolute atomic E-state index is 14.6. The summed E-state index contributed by atoms with van der Waals surface area (Å²) in [7, 11) is 0. The number of rotatable bonds is 8. The van der Waals surface area contributed by atoms with Gasteiger partial charge in [-0.05, 0) is 55.9 Å². The summed E-state index contributed by atoms with van der Waals surface area (Å²) in [5.41, 5.74) is 3.24. The van der Waals surface area contributed by atoms with E-state index < -0.39 is 35.8 Å². The van der Waals surface area contributed by atoms with Crippen molar-refractivity contribution in [3.05, 3.63) is 81.3 Å². The Morgan fingerprint density at radius 2 is 1.94 bits per heavy atom. The molecule has 1 unspecified atom stereocenters. The van der Waals surface area contributed by atoms with Crippen LogP contribution in [0.15, 0.2) is 47.3 Å². The van der Waals surface area contributed by atoms with E-state index in [-0.39, 0.29) is 35.2 Å². The molecule has 8 heteroatoms. The zero-order valence-electron chi connectivity index (χ0n) is 17.6. The molecule has 32 heavy (non-hydrogen) atoms. The molecule has 2 aromatic carbocycles. The smallest absolute Gasteiger partial charge is 0.279 e. The third-order valence-corrected chi connectivity index (χ3v) is 5.79. The normalized spacial score (nSPS) is 14.4. The molecule has 1 aromatic heterocycles. The average Bonchev–Trinajstić information content (AvgIpc) is 3.59. The van der Waals surface area contributed by atoms with Crippen LogP contribution >= 0.6 is 0 Å². The number of hydrogen-bond acceptors (Lipinski definition) is 3. The molecule has 1 saturated carbocycles. The van der Waals surface area contributed by atoms with E-state index in [2.05, 4.69) is 10.7 Å². The van der Waals surface area contributed by atoms with Crippen LogP contribution in [0.4, 0.5) is 13.2 Å². The molecule has 0 aliphatic heterocycles. The Hall–Kier alpha value is -3.29. The van der Waals surface area contributed by atoms with E-state index in [4.69, 9.17) is 0 Å². The number of halogens is 3. The molecule has 1 fully saturated rings. The van der Waals surface area contributed by atoms with Gasteiger partial charge in [0.25, 0.3) is 11.5 Å². The highest BCUT2D eigenvalue weighted by Crippen LogP contribution is 2.41. The zero-order chi connectivity index (χ0) is 22.8. The lowest BCUT2D eigenvalue weighted by molar-refractivity contribution is 0.0932. The first-order valence-electron chi connectivity index (χ1n) is 10.6. The lowest BCUT2D eigenvalue weighted by Crippen LogP contribution is -2.37. The first-order valence-corrected chi connectivity index (χ1v) is 10.6. The average molecular weight is 443 g/mol. The van der Waals surface area contributed by atoms with Gasteiger partial charge in [0.1, 0.15) is 11.6 Å². The van der Waals surface area contributed by atoms with Crippen LogP contribution in [0.25, 0.3) is 10.8 Å². The largest absolute Gasteiger partial charge is 0.345 e. The summed E-state index contributed by atoms with van der Waals surface area (Å²) >= 11 is 0. The number of fused-ring (bicyclic) bond motifs is 1. The molecule has 0 saturated heterocycles. The summed E-state index contributed by atoms with van der Waals surface area (Å²) in [6, 6.07) is 9.82. The molecule has 168 valence electrons. The Morgan fingerprint density at radius 1 is 1.19 bits per heavy atom. The molecule has 4 rings (SSSR count). The number of amides is 1. The maximum Gasteiger partial charge on any atom is 0.279 e. The van der Waals surface area contributed by atoms with Crippen molar-refractivity contribution in [3.8, 4) is 0 Å². The molecule has 1 atom stereocenters. The van der Waals surface area contributed by atoms with Gasteiger partial charge in [0.15, 0.2) is 0 Å². The molecule has 1 heterocycles. The van der Waals surface area contributed by atoms with Crippen molar-refractivity contribution in [1.82, 2.24) is 9.99 Å². The number of hydrogen-bond donors (Lipinski definition) is 2. The summed E-state index contributed by atoms with van der Waals surface area (Å²) in [6.45, 7) is 1.15. The van der Waals surface area contributed by atoms with Crippen molar-refractivity contribution in [2.45, 2.75) is 32.2 Å². The van der Waals surface area contributed by atoms with Crippen LogP contribution in [0, 0.1) is 24.5 Å².